The van der Waals surface area contributed by atoms with Crippen molar-refractivity contribution in [1.29, 1.82) is 0 Å². The number of nitrogens with zero attached hydrogens (tertiary/aromatic N) is 1. The van der Waals surface area contributed by atoms with Crippen LogP contribution in [0.4, 0.5) is 0 Å². The molecule has 5 nitrogen and oxygen atoms in total. The molecule has 138 valence electrons. The average molecular weight is 441 g/mol. The van der Waals surface area contributed by atoms with Crippen LogP contribution in [0.25, 0.3) is 0 Å². The van der Waals surface area contributed by atoms with Gasteiger partial charge in [0.05, 0.1) is 7.11 Å². The number of hydrogen-bond acceptors (Lipinski definition) is 3. The fourth-order valence-corrected chi connectivity index (χ4v) is 2.18. The van der Waals surface area contributed by atoms with Crippen LogP contribution < -0.4 is 10.6 Å². The molecule has 0 bridgehead atoms. The summed E-state index contributed by atoms with van der Waals surface area (Å²) >= 11 is 0. The lowest BCUT2D eigenvalue weighted by molar-refractivity contribution is -0.140. The molecule has 0 spiro atoms. The van der Waals surface area contributed by atoms with E-state index >= 15 is 0 Å². The predicted molar refractivity (Wildman–Crippen MR) is 109 cm³/mol. The number of carbonyl (C=O) groups excluding carboxylic acids is 1. The maximum atomic E-state index is 11.0. The average Bonchev–Trinajstić information content (AvgIpc) is 2.50. The van der Waals surface area contributed by atoms with Crippen LogP contribution in [0.2, 0.25) is 0 Å². The number of guanidine groups is 1. The van der Waals surface area contributed by atoms with Crippen molar-refractivity contribution in [3.05, 3.63) is 0 Å². The smallest absolute Gasteiger partial charge is 0.305 e. The van der Waals surface area contributed by atoms with Crippen LogP contribution in [0.15, 0.2) is 4.99 Å². The summed E-state index contributed by atoms with van der Waals surface area (Å²) in [7, 11) is 1.43. The number of unbranched alkanes of at least 4 members (excludes halogenated alkanes) is 4. The number of nitrogens with one attached hydrogen (secondary N) is 2. The second-order valence-electron chi connectivity index (χ2n) is 5.69. The van der Waals surface area contributed by atoms with Gasteiger partial charge in [-0.25, -0.2) is 0 Å². The van der Waals surface area contributed by atoms with Gasteiger partial charge >= 0.3 is 5.97 Å². The Morgan fingerprint density at radius 2 is 1.87 bits per heavy atom. The highest BCUT2D eigenvalue weighted by atomic mass is 127. The van der Waals surface area contributed by atoms with Crippen LogP contribution in [0.5, 0.6) is 0 Å². The zero-order chi connectivity index (χ0) is 16.6. The highest BCUT2D eigenvalue weighted by Crippen LogP contribution is 2.03. The quantitative estimate of drug-likeness (QED) is 0.159. The molecule has 0 saturated carbocycles. The van der Waals surface area contributed by atoms with Crippen LogP contribution in [-0.4, -0.2) is 38.2 Å². The van der Waals surface area contributed by atoms with E-state index < -0.39 is 0 Å². The van der Waals surface area contributed by atoms with Crippen molar-refractivity contribution in [2.24, 2.45) is 4.99 Å². The third-order valence-corrected chi connectivity index (χ3v) is 3.50. The normalized spacial score (nSPS) is 12.3. The third kappa shape index (κ3) is 16.1. The van der Waals surface area contributed by atoms with E-state index in [-0.39, 0.29) is 29.9 Å². The zero-order valence-corrected chi connectivity index (χ0v) is 17.7. The molecule has 0 amide bonds. The number of hydrogen-bond donors (Lipinski definition) is 2. The molecule has 0 aliphatic rings. The molecule has 1 unspecified atom stereocenters. The number of esters is 1. The van der Waals surface area contributed by atoms with Gasteiger partial charge in [0.1, 0.15) is 0 Å². The fraction of sp³-hybridized carbons (Fsp3) is 0.882. The molecule has 0 aromatic heterocycles. The van der Waals surface area contributed by atoms with Gasteiger partial charge in [0.2, 0.25) is 0 Å². The summed E-state index contributed by atoms with van der Waals surface area (Å²) < 4.78 is 4.62. The molecule has 0 aliphatic heterocycles. The lowest BCUT2D eigenvalue weighted by Gasteiger charge is -2.17. The van der Waals surface area contributed by atoms with Gasteiger partial charge in [0.15, 0.2) is 5.96 Å². The first-order chi connectivity index (χ1) is 10.6. The molecule has 2 N–H and O–H groups in total. The van der Waals surface area contributed by atoms with Crippen molar-refractivity contribution in [1.82, 2.24) is 10.6 Å². The zero-order valence-electron chi connectivity index (χ0n) is 15.3. The molecule has 1 atom stereocenters. The number of methoxy groups -OCH3 is 1. The lowest BCUT2D eigenvalue weighted by Crippen LogP contribution is -2.42. The first-order valence-electron chi connectivity index (χ1n) is 8.75. The largest absolute Gasteiger partial charge is 0.469 e. The van der Waals surface area contributed by atoms with Crippen LogP contribution in [0, 0.1) is 0 Å². The van der Waals surface area contributed by atoms with E-state index in [9.17, 15) is 4.79 Å². The Balaban J connectivity index is 0. The molecule has 0 aromatic carbocycles. The van der Waals surface area contributed by atoms with E-state index in [1.807, 2.05) is 0 Å². The Labute approximate surface area is 159 Å². The Morgan fingerprint density at radius 1 is 1.13 bits per heavy atom. The van der Waals surface area contributed by atoms with Crippen molar-refractivity contribution < 1.29 is 9.53 Å². The summed E-state index contributed by atoms with van der Waals surface area (Å²) in [6.07, 6.45) is 8.37. The summed E-state index contributed by atoms with van der Waals surface area (Å²) in [5, 5.41) is 6.75. The van der Waals surface area contributed by atoms with Gasteiger partial charge in [-0.2, -0.15) is 0 Å². The van der Waals surface area contributed by atoms with Crippen molar-refractivity contribution in [2.45, 2.75) is 78.2 Å². The SMILES string of the molecule is CCCCCC(C)NC(=NCCCCCC(=O)OC)NCC.I. The Hall–Kier alpha value is -0.530. The fourth-order valence-electron chi connectivity index (χ4n) is 2.18. The first kappa shape index (κ1) is 24.7. The molecule has 0 fully saturated rings. The van der Waals surface area contributed by atoms with Gasteiger partial charge in [0, 0.05) is 25.6 Å². The molecule has 0 radical (unpaired) electrons. The van der Waals surface area contributed by atoms with E-state index in [1.54, 1.807) is 0 Å². The van der Waals surface area contributed by atoms with Crippen LogP contribution >= 0.6 is 24.0 Å². The molecule has 0 rings (SSSR count). The van der Waals surface area contributed by atoms with Crippen molar-refractivity contribution in [2.75, 3.05) is 20.2 Å². The number of halogens is 1. The Kier molecular flexibility index (Phi) is 19.1. The van der Waals surface area contributed by atoms with E-state index in [0.717, 1.165) is 38.3 Å². The van der Waals surface area contributed by atoms with E-state index in [0.29, 0.717) is 12.5 Å². The molecule has 0 aliphatic carbocycles. The maximum Gasteiger partial charge on any atom is 0.305 e. The second kappa shape index (κ2) is 17.8. The molecule has 0 saturated heterocycles. The summed E-state index contributed by atoms with van der Waals surface area (Å²) in [6, 6.07) is 0.448. The van der Waals surface area contributed by atoms with Gasteiger partial charge in [-0.3, -0.25) is 9.79 Å². The summed E-state index contributed by atoms with van der Waals surface area (Å²) in [5.74, 6) is 0.777. The minimum absolute atomic E-state index is 0. The highest BCUT2D eigenvalue weighted by Gasteiger charge is 2.04. The van der Waals surface area contributed by atoms with Crippen LogP contribution in [0.1, 0.15) is 72.1 Å². The summed E-state index contributed by atoms with van der Waals surface area (Å²) in [6.45, 7) is 8.17. The number of aliphatic imine (C=N–C) groups is 1. The molecule has 6 heteroatoms. The predicted octanol–water partition coefficient (Wildman–Crippen LogP) is 3.86. The second-order valence-corrected chi connectivity index (χ2v) is 5.69. The van der Waals surface area contributed by atoms with Crippen molar-refractivity contribution in [3.63, 3.8) is 0 Å². The molecular weight excluding hydrogens is 405 g/mol. The minimum Gasteiger partial charge on any atom is -0.469 e. The lowest BCUT2D eigenvalue weighted by atomic mass is 10.1. The van der Waals surface area contributed by atoms with Gasteiger partial charge < -0.3 is 15.4 Å². The number of carbonyl (C=O) groups is 1. The van der Waals surface area contributed by atoms with Crippen molar-refractivity contribution in [3.8, 4) is 0 Å². The third-order valence-electron chi connectivity index (χ3n) is 3.50. The summed E-state index contributed by atoms with van der Waals surface area (Å²) in [4.78, 5) is 15.6. The minimum atomic E-state index is -0.126. The Bertz CT molecular complexity index is 312. The number of rotatable bonds is 12. The highest BCUT2D eigenvalue weighted by molar-refractivity contribution is 14.0. The summed E-state index contributed by atoms with van der Waals surface area (Å²) in [5.41, 5.74) is 0. The van der Waals surface area contributed by atoms with Gasteiger partial charge in [-0.15, -0.1) is 24.0 Å². The maximum absolute atomic E-state index is 11.0. The standard InChI is InChI=1S/C17H35N3O2.HI/c1-5-7-9-12-15(3)20-17(18-6-2)19-14-11-8-10-13-16(21)22-4;/h15H,5-14H2,1-4H3,(H2,18,19,20);1H. The van der Waals surface area contributed by atoms with Crippen LogP contribution in [-0.2, 0) is 9.53 Å². The van der Waals surface area contributed by atoms with Gasteiger partial charge in [0.25, 0.3) is 0 Å². The molecular formula is C17H36IN3O2. The topological polar surface area (TPSA) is 62.7 Å². The van der Waals surface area contributed by atoms with Gasteiger partial charge in [-0.05, 0) is 33.1 Å². The van der Waals surface area contributed by atoms with E-state index in [2.05, 4.69) is 41.1 Å². The molecule has 0 aromatic rings. The number of ether oxygens (including phenoxy) is 1. The van der Waals surface area contributed by atoms with Crippen LogP contribution in [0.3, 0.4) is 0 Å². The van der Waals surface area contributed by atoms with E-state index in [1.165, 1.54) is 32.8 Å². The first-order valence-corrected chi connectivity index (χ1v) is 8.75. The molecule has 0 heterocycles. The molecule has 23 heavy (non-hydrogen) atoms. The van der Waals surface area contributed by atoms with E-state index in [4.69, 9.17) is 0 Å². The van der Waals surface area contributed by atoms with Gasteiger partial charge in [-0.1, -0.05) is 32.6 Å². The Morgan fingerprint density at radius 3 is 2.48 bits per heavy atom. The van der Waals surface area contributed by atoms with Crippen molar-refractivity contribution >= 4 is 35.9 Å². The monoisotopic (exact) mass is 441 g/mol.